The van der Waals surface area contributed by atoms with Gasteiger partial charge in [0.05, 0.1) is 25.4 Å². The van der Waals surface area contributed by atoms with Crippen LogP contribution in [0.25, 0.3) is 5.69 Å². The largest absolute Gasteiger partial charge is 0.493 e. The fraction of sp³-hybridized carbons (Fsp3) is 0.378. The zero-order valence-electron chi connectivity index (χ0n) is 28.6. The molecule has 3 atom stereocenters. The third-order valence-electron chi connectivity index (χ3n) is 9.82. The lowest BCUT2D eigenvalue weighted by atomic mass is 9.87. The van der Waals surface area contributed by atoms with Crippen molar-refractivity contribution in [1.29, 1.82) is 0 Å². The van der Waals surface area contributed by atoms with Crippen molar-refractivity contribution in [2.75, 3.05) is 49.2 Å². The summed E-state index contributed by atoms with van der Waals surface area (Å²) in [6.07, 6.45) is 5.41. The molecule has 0 bridgehead atoms. The molecule has 0 amide bonds. The minimum atomic E-state index is -1.02. The van der Waals surface area contributed by atoms with Gasteiger partial charge in [-0.15, -0.1) is 0 Å². The highest BCUT2D eigenvalue weighted by atomic mass is 19.1. The van der Waals surface area contributed by atoms with Crippen molar-refractivity contribution in [3.05, 3.63) is 113 Å². The Bertz CT molecular complexity index is 2010. The van der Waals surface area contributed by atoms with Gasteiger partial charge in [0, 0.05) is 55.1 Å². The number of anilines is 2. The smallest absolute Gasteiger partial charge is 0.351 e. The van der Waals surface area contributed by atoms with Crippen LogP contribution in [0.5, 0.6) is 5.75 Å². The maximum Gasteiger partial charge on any atom is 0.351 e. The van der Waals surface area contributed by atoms with Gasteiger partial charge in [0.2, 0.25) is 0 Å². The Morgan fingerprint density at radius 1 is 0.941 bits per heavy atom. The van der Waals surface area contributed by atoms with Gasteiger partial charge < -0.3 is 19.3 Å². The first-order valence-corrected chi connectivity index (χ1v) is 17.1. The van der Waals surface area contributed by atoms with E-state index in [1.54, 1.807) is 11.0 Å². The Labute approximate surface area is 293 Å². The van der Waals surface area contributed by atoms with Gasteiger partial charge in [-0.2, -0.15) is 10.2 Å². The molecule has 266 valence electrons. The van der Waals surface area contributed by atoms with Crippen LogP contribution in [0.4, 0.5) is 20.2 Å². The number of ketones is 1. The van der Waals surface area contributed by atoms with Crippen molar-refractivity contribution in [1.82, 2.24) is 29.1 Å². The van der Waals surface area contributed by atoms with Crippen molar-refractivity contribution in [2.45, 2.75) is 44.9 Å². The molecule has 0 radical (unpaired) electrons. The van der Waals surface area contributed by atoms with Crippen LogP contribution < -0.4 is 20.2 Å². The number of Topliss-reactive ketones (excluding diaryl/α,β-unsaturated/α-hetero) is 1. The quantitative estimate of drug-likeness (QED) is 0.182. The molecule has 12 nitrogen and oxygen atoms in total. The van der Waals surface area contributed by atoms with E-state index in [0.29, 0.717) is 37.3 Å². The van der Waals surface area contributed by atoms with Crippen LogP contribution in [0.3, 0.4) is 0 Å². The van der Waals surface area contributed by atoms with E-state index in [1.165, 1.54) is 41.0 Å². The standard InChI is InChI=1S/C37H40F2N8O4/c1-3-35(26(2)48)47-36(49)46(25-42-47)31-7-5-29(6-8-31)43-14-16-44(17-15-43)30-9-11-32(12-10-30)50-20-27-19-37(51-21-27,22-45-24-40-23-41-45)33-13-4-28(38)18-34(33)39/h4-13,18,23-25,27,35H,3,14-17,19-22H2,1-2H3. The Morgan fingerprint density at radius 3 is 2.22 bits per heavy atom. The lowest BCUT2D eigenvalue weighted by Crippen LogP contribution is -2.46. The summed E-state index contributed by atoms with van der Waals surface area (Å²) in [6, 6.07) is 18.9. The molecule has 51 heavy (non-hydrogen) atoms. The predicted octanol–water partition coefficient (Wildman–Crippen LogP) is 4.78. The molecule has 3 aromatic carbocycles. The number of hydrogen-bond acceptors (Lipinski definition) is 9. The van der Waals surface area contributed by atoms with Crippen LogP contribution in [0.1, 0.15) is 38.3 Å². The number of benzene rings is 3. The number of hydrogen-bond donors (Lipinski definition) is 0. The van der Waals surface area contributed by atoms with E-state index in [1.807, 2.05) is 43.3 Å². The van der Waals surface area contributed by atoms with E-state index in [-0.39, 0.29) is 23.9 Å². The fourth-order valence-corrected chi connectivity index (χ4v) is 7.14. The molecule has 5 aromatic rings. The van der Waals surface area contributed by atoms with Gasteiger partial charge in [-0.05, 0) is 74.4 Å². The molecule has 0 aliphatic carbocycles. The van der Waals surface area contributed by atoms with Crippen LogP contribution >= 0.6 is 0 Å². The van der Waals surface area contributed by atoms with Gasteiger partial charge in [-0.3, -0.25) is 4.79 Å². The molecule has 2 aliphatic heterocycles. The first-order valence-electron chi connectivity index (χ1n) is 17.1. The second-order valence-electron chi connectivity index (χ2n) is 13.2. The van der Waals surface area contributed by atoms with E-state index < -0.39 is 23.3 Å². The third-order valence-corrected chi connectivity index (χ3v) is 9.82. The van der Waals surface area contributed by atoms with Gasteiger partial charge >= 0.3 is 5.69 Å². The molecule has 3 unspecified atom stereocenters. The van der Waals surface area contributed by atoms with Crippen LogP contribution in [0.2, 0.25) is 0 Å². The van der Waals surface area contributed by atoms with Crippen molar-refractivity contribution in [3.63, 3.8) is 0 Å². The Balaban J connectivity index is 0.925. The summed E-state index contributed by atoms with van der Waals surface area (Å²) >= 11 is 0. The minimum absolute atomic E-state index is 0.0152. The number of carbonyl (C=O) groups excluding carboxylic acids is 1. The average molecular weight is 699 g/mol. The molecule has 2 aliphatic rings. The van der Waals surface area contributed by atoms with Crippen molar-refractivity contribution in [3.8, 4) is 11.4 Å². The average Bonchev–Trinajstić information content (AvgIpc) is 3.90. The summed E-state index contributed by atoms with van der Waals surface area (Å²) in [5.41, 5.74) is 1.81. The fourth-order valence-electron chi connectivity index (χ4n) is 7.14. The Kier molecular flexibility index (Phi) is 9.67. The molecule has 2 fully saturated rings. The summed E-state index contributed by atoms with van der Waals surface area (Å²) in [4.78, 5) is 33.5. The van der Waals surface area contributed by atoms with E-state index in [2.05, 4.69) is 37.1 Å². The number of piperazine rings is 1. The topological polar surface area (TPSA) is 113 Å². The normalized spacial score (nSPS) is 19.7. The Morgan fingerprint density at radius 2 is 1.61 bits per heavy atom. The molecule has 2 aromatic heterocycles. The number of aromatic nitrogens is 6. The predicted molar refractivity (Wildman–Crippen MR) is 186 cm³/mol. The van der Waals surface area contributed by atoms with E-state index in [9.17, 15) is 18.4 Å². The highest BCUT2D eigenvalue weighted by Gasteiger charge is 2.44. The van der Waals surface area contributed by atoms with Crippen LogP contribution in [-0.2, 0) is 21.7 Å². The van der Waals surface area contributed by atoms with E-state index in [4.69, 9.17) is 9.47 Å². The van der Waals surface area contributed by atoms with Crippen molar-refractivity contribution >= 4 is 17.2 Å². The summed E-state index contributed by atoms with van der Waals surface area (Å²) in [5.74, 6) is -0.666. The van der Waals surface area contributed by atoms with Gasteiger partial charge in [0.1, 0.15) is 48.0 Å². The van der Waals surface area contributed by atoms with Crippen LogP contribution in [0, 0.1) is 17.6 Å². The van der Waals surface area contributed by atoms with Gasteiger partial charge in [-0.25, -0.2) is 32.5 Å². The molecule has 7 rings (SSSR count). The zero-order chi connectivity index (χ0) is 35.5. The van der Waals surface area contributed by atoms with Crippen LogP contribution in [0.15, 0.2) is 90.5 Å². The highest BCUT2D eigenvalue weighted by Crippen LogP contribution is 2.42. The number of nitrogens with zero attached hydrogens (tertiary/aromatic N) is 8. The molecular formula is C37H40F2N8O4. The van der Waals surface area contributed by atoms with Gasteiger partial charge in [0.15, 0.2) is 5.78 Å². The second-order valence-corrected chi connectivity index (χ2v) is 13.2. The van der Waals surface area contributed by atoms with E-state index in [0.717, 1.165) is 49.4 Å². The van der Waals surface area contributed by atoms with E-state index >= 15 is 0 Å². The molecular weight excluding hydrogens is 658 g/mol. The summed E-state index contributed by atoms with van der Waals surface area (Å²) in [7, 11) is 0. The molecule has 14 heteroatoms. The number of carbonyl (C=O) groups is 1. The highest BCUT2D eigenvalue weighted by molar-refractivity contribution is 5.79. The lowest BCUT2D eigenvalue weighted by molar-refractivity contribution is -0.120. The molecule has 4 heterocycles. The molecule has 0 saturated carbocycles. The Hall–Kier alpha value is -5.37. The molecule has 0 N–H and O–H groups in total. The number of rotatable bonds is 12. The summed E-state index contributed by atoms with van der Waals surface area (Å²) in [5, 5.41) is 8.37. The second kappa shape index (κ2) is 14.5. The molecule has 2 saturated heterocycles. The summed E-state index contributed by atoms with van der Waals surface area (Å²) < 4.78 is 45.4. The first kappa shape index (κ1) is 34.1. The van der Waals surface area contributed by atoms with Gasteiger partial charge in [-0.1, -0.05) is 13.0 Å². The lowest BCUT2D eigenvalue weighted by Gasteiger charge is -2.37. The SMILES string of the molecule is CCC(C(C)=O)n1ncn(-c2ccc(N3CCN(c4ccc(OCC5COC(Cn6cncn6)(c6ccc(F)cc6F)C5)cc4)CC3)cc2)c1=O. The monoisotopic (exact) mass is 698 g/mol. The van der Waals surface area contributed by atoms with Crippen molar-refractivity contribution < 1.29 is 23.0 Å². The minimum Gasteiger partial charge on any atom is -0.493 e. The number of ether oxygens (including phenoxy) is 2. The maximum atomic E-state index is 15.0. The number of halogens is 2. The summed E-state index contributed by atoms with van der Waals surface area (Å²) in [6.45, 7) is 7.67. The molecule has 0 spiro atoms. The van der Waals surface area contributed by atoms with Gasteiger partial charge in [0.25, 0.3) is 0 Å². The first-order chi connectivity index (χ1) is 24.7. The zero-order valence-corrected chi connectivity index (χ0v) is 28.6. The maximum absolute atomic E-state index is 15.0. The third kappa shape index (κ3) is 7.13. The van der Waals surface area contributed by atoms with Crippen LogP contribution in [-0.4, -0.2) is 74.3 Å². The van der Waals surface area contributed by atoms with Crippen molar-refractivity contribution in [2.24, 2.45) is 5.92 Å².